The molecule has 0 unspecified atom stereocenters. The number of ether oxygens (including phenoxy) is 2. The Balaban J connectivity index is 1.54. The van der Waals surface area contributed by atoms with Crippen molar-refractivity contribution >= 4 is 16.7 Å². The first-order chi connectivity index (χ1) is 15.1. The predicted octanol–water partition coefficient (Wildman–Crippen LogP) is 3.82. The molecule has 4 rings (SSSR count). The number of nitrogens with zero attached hydrogens (tertiary/aromatic N) is 2. The SMILES string of the molecule is O=C(OCCOc1ccccc1F)c1nn(Cc2ccccc2)c(=O)c2ccccc12. The topological polar surface area (TPSA) is 70.4 Å². The van der Waals surface area contributed by atoms with Gasteiger partial charge in [0.1, 0.15) is 13.2 Å². The number of para-hydroxylation sites is 1. The summed E-state index contributed by atoms with van der Waals surface area (Å²) in [6.45, 7) is 0.108. The maximum Gasteiger partial charge on any atom is 0.359 e. The van der Waals surface area contributed by atoms with Gasteiger partial charge in [0.25, 0.3) is 5.56 Å². The third kappa shape index (κ3) is 4.61. The van der Waals surface area contributed by atoms with Crippen LogP contribution < -0.4 is 10.3 Å². The van der Waals surface area contributed by atoms with Gasteiger partial charge >= 0.3 is 5.97 Å². The summed E-state index contributed by atoms with van der Waals surface area (Å²) >= 11 is 0. The van der Waals surface area contributed by atoms with Crippen molar-refractivity contribution in [2.24, 2.45) is 0 Å². The van der Waals surface area contributed by atoms with Crippen LogP contribution in [-0.2, 0) is 11.3 Å². The molecule has 7 heteroatoms. The fraction of sp³-hybridized carbons (Fsp3) is 0.125. The quantitative estimate of drug-likeness (QED) is 0.337. The number of benzene rings is 3. The lowest BCUT2D eigenvalue weighted by atomic mass is 10.1. The zero-order chi connectivity index (χ0) is 21.6. The fourth-order valence-electron chi connectivity index (χ4n) is 3.17. The molecule has 0 N–H and O–H groups in total. The molecule has 6 nitrogen and oxygen atoms in total. The van der Waals surface area contributed by atoms with Crippen molar-refractivity contribution in [3.63, 3.8) is 0 Å². The van der Waals surface area contributed by atoms with Gasteiger partial charge in [0.15, 0.2) is 17.3 Å². The molecule has 1 aromatic heterocycles. The Labute approximate surface area is 177 Å². The van der Waals surface area contributed by atoms with Crippen molar-refractivity contribution in [2.75, 3.05) is 13.2 Å². The van der Waals surface area contributed by atoms with E-state index in [0.717, 1.165) is 5.56 Å². The van der Waals surface area contributed by atoms with Gasteiger partial charge in [0.05, 0.1) is 11.9 Å². The molecule has 0 saturated carbocycles. The zero-order valence-corrected chi connectivity index (χ0v) is 16.5. The molecule has 3 aromatic carbocycles. The van der Waals surface area contributed by atoms with Crippen molar-refractivity contribution in [3.05, 3.63) is 106 Å². The molecule has 4 aromatic rings. The minimum Gasteiger partial charge on any atom is -0.487 e. The number of fused-ring (bicyclic) bond motifs is 1. The minimum absolute atomic E-state index is 0.0196. The smallest absolute Gasteiger partial charge is 0.359 e. The number of esters is 1. The Morgan fingerprint density at radius 1 is 0.871 bits per heavy atom. The van der Waals surface area contributed by atoms with E-state index in [9.17, 15) is 14.0 Å². The Bertz CT molecular complexity index is 1270. The molecule has 0 amide bonds. The van der Waals surface area contributed by atoms with Gasteiger partial charge in [0.2, 0.25) is 0 Å². The lowest BCUT2D eigenvalue weighted by molar-refractivity contribution is 0.0441. The van der Waals surface area contributed by atoms with Gasteiger partial charge in [-0.05, 0) is 23.8 Å². The summed E-state index contributed by atoms with van der Waals surface area (Å²) in [5.74, 6) is -1.09. The third-order valence-electron chi connectivity index (χ3n) is 4.65. The van der Waals surface area contributed by atoms with Gasteiger partial charge < -0.3 is 9.47 Å². The Morgan fingerprint density at radius 2 is 1.55 bits per heavy atom. The summed E-state index contributed by atoms with van der Waals surface area (Å²) in [4.78, 5) is 25.6. The molecular formula is C24H19FN2O4. The molecule has 0 radical (unpaired) electrons. The molecule has 0 atom stereocenters. The zero-order valence-electron chi connectivity index (χ0n) is 16.5. The number of hydrogen-bond acceptors (Lipinski definition) is 5. The van der Waals surface area contributed by atoms with Crippen molar-refractivity contribution < 1.29 is 18.7 Å². The highest BCUT2D eigenvalue weighted by Gasteiger charge is 2.18. The highest BCUT2D eigenvalue weighted by Crippen LogP contribution is 2.16. The van der Waals surface area contributed by atoms with E-state index in [4.69, 9.17) is 9.47 Å². The largest absolute Gasteiger partial charge is 0.487 e. The summed E-state index contributed by atoms with van der Waals surface area (Å²) in [6.07, 6.45) is 0. The molecule has 1 heterocycles. The number of halogens is 1. The number of aromatic nitrogens is 2. The molecule has 0 fully saturated rings. The number of rotatable bonds is 7. The van der Waals surface area contributed by atoms with Crippen molar-refractivity contribution in [2.45, 2.75) is 6.54 Å². The summed E-state index contributed by atoms with van der Waals surface area (Å²) in [6, 6.07) is 22.1. The standard InChI is InChI=1S/C24H19FN2O4/c25-20-12-6-7-13-21(20)30-14-15-31-24(29)22-18-10-4-5-11-19(18)23(28)27(26-22)16-17-8-2-1-3-9-17/h1-13H,14-16H2. The molecule has 156 valence electrons. The molecule has 0 saturated heterocycles. The first kappa shape index (κ1) is 20.3. The summed E-state index contributed by atoms with van der Waals surface area (Å²) in [5.41, 5.74) is 0.626. The fourth-order valence-corrected chi connectivity index (χ4v) is 3.17. The Hall–Kier alpha value is -4.00. The highest BCUT2D eigenvalue weighted by atomic mass is 19.1. The lowest BCUT2D eigenvalue weighted by Crippen LogP contribution is -2.27. The maximum absolute atomic E-state index is 13.6. The first-order valence-corrected chi connectivity index (χ1v) is 9.72. The second-order valence-electron chi connectivity index (χ2n) is 6.76. The van der Waals surface area contributed by atoms with Crippen LogP contribution in [0.5, 0.6) is 5.75 Å². The van der Waals surface area contributed by atoms with E-state index >= 15 is 0 Å². The monoisotopic (exact) mass is 418 g/mol. The highest BCUT2D eigenvalue weighted by molar-refractivity contribution is 6.02. The van der Waals surface area contributed by atoms with Crippen LogP contribution in [0.1, 0.15) is 16.1 Å². The van der Waals surface area contributed by atoms with E-state index in [0.29, 0.717) is 10.8 Å². The van der Waals surface area contributed by atoms with Crippen molar-refractivity contribution in [3.8, 4) is 5.75 Å². The van der Waals surface area contributed by atoms with Crippen LogP contribution in [0.15, 0.2) is 83.7 Å². The van der Waals surface area contributed by atoms with E-state index < -0.39 is 11.8 Å². The molecule has 31 heavy (non-hydrogen) atoms. The van der Waals surface area contributed by atoms with Gasteiger partial charge in [-0.2, -0.15) is 5.10 Å². The van der Waals surface area contributed by atoms with Crippen LogP contribution in [-0.4, -0.2) is 29.0 Å². The van der Waals surface area contributed by atoms with Crippen LogP contribution in [0, 0.1) is 5.82 Å². The second-order valence-corrected chi connectivity index (χ2v) is 6.76. The van der Waals surface area contributed by atoms with Gasteiger partial charge in [-0.1, -0.05) is 60.7 Å². The van der Waals surface area contributed by atoms with E-state index in [2.05, 4.69) is 5.10 Å². The van der Waals surface area contributed by atoms with Crippen LogP contribution >= 0.6 is 0 Å². The normalized spacial score (nSPS) is 10.7. The van der Waals surface area contributed by atoms with Gasteiger partial charge in [-0.3, -0.25) is 4.79 Å². The van der Waals surface area contributed by atoms with Crippen LogP contribution in [0.2, 0.25) is 0 Å². The first-order valence-electron chi connectivity index (χ1n) is 9.72. The summed E-state index contributed by atoms with van der Waals surface area (Å²) in [7, 11) is 0. The lowest BCUT2D eigenvalue weighted by Gasteiger charge is -2.11. The minimum atomic E-state index is -0.685. The summed E-state index contributed by atoms with van der Waals surface area (Å²) in [5, 5.41) is 5.07. The summed E-state index contributed by atoms with van der Waals surface area (Å²) < 4.78 is 25.4. The molecule has 0 aliphatic carbocycles. The van der Waals surface area contributed by atoms with E-state index in [1.165, 1.54) is 16.8 Å². The van der Waals surface area contributed by atoms with Gasteiger partial charge in [0, 0.05) is 5.39 Å². The molecule has 0 aliphatic rings. The van der Waals surface area contributed by atoms with Gasteiger partial charge in [-0.15, -0.1) is 0 Å². The molecule has 0 aliphatic heterocycles. The maximum atomic E-state index is 13.6. The third-order valence-corrected chi connectivity index (χ3v) is 4.65. The van der Waals surface area contributed by atoms with Crippen LogP contribution in [0.25, 0.3) is 10.8 Å². The van der Waals surface area contributed by atoms with E-state index in [1.807, 2.05) is 30.3 Å². The Kier molecular flexibility index (Phi) is 6.03. The number of carbonyl (C=O) groups excluding carboxylic acids is 1. The molecule has 0 bridgehead atoms. The van der Waals surface area contributed by atoms with E-state index in [1.54, 1.807) is 36.4 Å². The van der Waals surface area contributed by atoms with Crippen molar-refractivity contribution in [1.82, 2.24) is 9.78 Å². The average molecular weight is 418 g/mol. The predicted molar refractivity (Wildman–Crippen MR) is 114 cm³/mol. The van der Waals surface area contributed by atoms with E-state index in [-0.39, 0.29) is 36.8 Å². The van der Waals surface area contributed by atoms with Crippen LogP contribution in [0.3, 0.4) is 0 Å². The number of carbonyl (C=O) groups is 1. The van der Waals surface area contributed by atoms with Crippen LogP contribution in [0.4, 0.5) is 4.39 Å². The Morgan fingerprint density at radius 3 is 2.32 bits per heavy atom. The van der Waals surface area contributed by atoms with Crippen molar-refractivity contribution in [1.29, 1.82) is 0 Å². The number of hydrogen-bond donors (Lipinski definition) is 0. The second kappa shape index (κ2) is 9.21. The molecule has 0 spiro atoms. The average Bonchev–Trinajstić information content (AvgIpc) is 2.80. The van der Waals surface area contributed by atoms with Gasteiger partial charge in [-0.25, -0.2) is 13.9 Å². The molecular weight excluding hydrogens is 399 g/mol.